The lowest BCUT2D eigenvalue weighted by molar-refractivity contribution is 0.712. The highest BCUT2D eigenvalue weighted by atomic mass is 15.0. The van der Waals surface area contributed by atoms with E-state index in [1.165, 1.54) is 31.1 Å². The molecule has 1 aromatic heterocycles. The molecule has 0 aliphatic heterocycles. The lowest BCUT2D eigenvalue weighted by Crippen LogP contribution is -1.96. The zero-order chi connectivity index (χ0) is 11.5. The molecular weight excluding hydrogens is 190 g/mol. The Balaban J connectivity index is 0.000000336. The minimum atomic E-state index is 1.11. The Labute approximate surface area is 90.0 Å². The van der Waals surface area contributed by atoms with E-state index in [0.717, 1.165) is 6.42 Å². The summed E-state index contributed by atoms with van der Waals surface area (Å²) in [5.41, 5.74) is 0. The summed E-state index contributed by atoms with van der Waals surface area (Å²) in [6.07, 6.45) is 10.3. The van der Waals surface area contributed by atoms with Crippen LogP contribution in [0, 0.1) is 22.9 Å². The van der Waals surface area contributed by atoms with Crippen molar-refractivity contribution in [2.24, 2.45) is 7.05 Å². The number of aromatic nitrogens is 2. The van der Waals surface area contributed by atoms with E-state index < -0.39 is 0 Å². The van der Waals surface area contributed by atoms with E-state index in [1.807, 2.05) is 19.4 Å². The molecule has 0 unspecified atom stereocenters. The molecule has 80 valence electrons. The molecule has 1 N–H and O–H groups in total. The molecule has 0 amide bonds. The van der Waals surface area contributed by atoms with E-state index in [1.54, 1.807) is 5.32 Å². The second kappa shape index (κ2) is 8.58. The molecule has 0 aliphatic rings. The first-order chi connectivity index (χ1) is 7.26. The number of aryl methyl sites for hydroxylation is 2. The second-order valence-corrected chi connectivity index (χ2v) is 2.91. The lowest BCUT2D eigenvalue weighted by Gasteiger charge is -1.97. The number of nitrogens with zero attached hydrogens (tertiary/aromatic N) is 4. The zero-order valence-corrected chi connectivity index (χ0v) is 9.06. The zero-order valence-electron chi connectivity index (χ0n) is 9.06. The summed E-state index contributed by atoms with van der Waals surface area (Å²) in [6, 6.07) is 0. The SMILES string of the molecule is CCCCc1nccn1C.N#CNC#N. The number of rotatable bonds is 3. The summed E-state index contributed by atoms with van der Waals surface area (Å²) < 4.78 is 2.08. The van der Waals surface area contributed by atoms with Gasteiger partial charge in [0.15, 0.2) is 12.4 Å². The minimum absolute atomic E-state index is 1.11. The van der Waals surface area contributed by atoms with Crippen molar-refractivity contribution >= 4 is 0 Å². The van der Waals surface area contributed by atoms with Gasteiger partial charge in [-0.15, -0.1) is 0 Å². The van der Waals surface area contributed by atoms with Gasteiger partial charge in [0.2, 0.25) is 0 Å². The van der Waals surface area contributed by atoms with Crippen LogP contribution >= 0.6 is 0 Å². The Morgan fingerprint density at radius 2 is 2.13 bits per heavy atom. The van der Waals surface area contributed by atoms with Crippen molar-refractivity contribution in [2.45, 2.75) is 26.2 Å². The molecule has 0 bridgehead atoms. The van der Waals surface area contributed by atoms with E-state index in [4.69, 9.17) is 10.5 Å². The maximum Gasteiger partial charge on any atom is 0.190 e. The molecule has 1 heterocycles. The van der Waals surface area contributed by atoms with E-state index in [0.29, 0.717) is 0 Å². The molecule has 5 nitrogen and oxygen atoms in total. The molecule has 0 saturated heterocycles. The normalized spacial score (nSPS) is 8.00. The predicted molar refractivity (Wildman–Crippen MR) is 56.2 cm³/mol. The van der Waals surface area contributed by atoms with Crippen LogP contribution in [0.3, 0.4) is 0 Å². The average Bonchev–Trinajstić information content (AvgIpc) is 2.63. The van der Waals surface area contributed by atoms with Crippen LogP contribution in [0.5, 0.6) is 0 Å². The molecule has 0 aliphatic carbocycles. The van der Waals surface area contributed by atoms with Gasteiger partial charge in [-0.3, -0.25) is 0 Å². The molecule has 5 heteroatoms. The standard InChI is InChI=1S/C8H14N2.C2HN3/c1-3-4-5-8-9-6-7-10(8)2;3-1-5-2-4/h6-7H,3-5H2,1-2H3;5H. The van der Waals surface area contributed by atoms with Gasteiger partial charge in [0, 0.05) is 25.9 Å². The number of hydrogen-bond acceptors (Lipinski definition) is 4. The smallest absolute Gasteiger partial charge is 0.190 e. The Morgan fingerprint density at radius 1 is 1.47 bits per heavy atom. The summed E-state index contributed by atoms with van der Waals surface area (Å²) in [5, 5.41) is 16.7. The molecule has 1 aromatic rings. The van der Waals surface area contributed by atoms with Gasteiger partial charge in [-0.25, -0.2) is 10.3 Å². The molecular formula is C10H15N5. The van der Waals surface area contributed by atoms with Crippen molar-refractivity contribution in [1.82, 2.24) is 14.9 Å². The van der Waals surface area contributed by atoms with Crippen molar-refractivity contribution in [3.8, 4) is 12.4 Å². The number of imidazole rings is 1. The van der Waals surface area contributed by atoms with Crippen molar-refractivity contribution in [2.75, 3.05) is 0 Å². The molecule has 0 fully saturated rings. The fourth-order valence-corrected chi connectivity index (χ4v) is 0.997. The number of nitrogens with one attached hydrogen (secondary N) is 1. The third-order valence-corrected chi connectivity index (χ3v) is 1.79. The highest BCUT2D eigenvalue weighted by Crippen LogP contribution is 2.00. The quantitative estimate of drug-likeness (QED) is 0.596. The summed E-state index contributed by atoms with van der Waals surface area (Å²) in [5.74, 6) is 1.20. The molecule has 0 atom stereocenters. The van der Waals surface area contributed by atoms with E-state index in [-0.39, 0.29) is 0 Å². The van der Waals surface area contributed by atoms with Gasteiger partial charge in [-0.05, 0) is 6.42 Å². The van der Waals surface area contributed by atoms with Crippen LogP contribution in [-0.4, -0.2) is 9.55 Å². The summed E-state index contributed by atoms with van der Waals surface area (Å²) in [6.45, 7) is 2.20. The first-order valence-corrected chi connectivity index (χ1v) is 4.75. The van der Waals surface area contributed by atoms with Gasteiger partial charge in [0.1, 0.15) is 5.82 Å². The molecule has 0 aromatic carbocycles. The maximum absolute atomic E-state index is 7.48. The van der Waals surface area contributed by atoms with Crippen LogP contribution in [0.1, 0.15) is 25.6 Å². The minimum Gasteiger partial charge on any atom is -0.338 e. The Hall–Kier alpha value is -2.01. The predicted octanol–water partition coefficient (Wildman–Crippen LogP) is 1.30. The number of unbranched alkanes of at least 4 members (excludes halogenated alkanes) is 1. The maximum atomic E-state index is 7.48. The van der Waals surface area contributed by atoms with Crippen molar-refractivity contribution in [3.63, 3.8) is 0 Å². The van der Waals surface area contributed by atoms with Gasteiger partial charge in [-0.1, -0.05) is 13.3 Å². The van der Waals surface area contributed by atoms with E-state index >= 15 is 0 Å². The van der Waals surface area contributed by atoms with Crippen LogP contribution in [-0.2, 0) is 13.5 Å². The van der Waals surface area contributed by atoms with E-state index in [9.17, 15) is 0 Å². The molecule has 0 spiro atoms. The molecule has 0 saturated carbocycles. The Morgan fingerprint density at radius 3 is 2.47 bits per heavy atom. The first-order valence-electron chi connectivity index (χ1n) is 4.75. The van der Waals surface area contributed by atoms with Crippen molar-refractivity contribution in [1.29, 1.82) is 10.5 Å². The second-order valence-electron chi connectivity index (χ2n) is 2.91. The summed E-state index contributed by atoms with van der Waals surface area (Å²) in [4.78, 5) is 4.22. The topological polar surface area (TPSA) is 77.4 Å². The third-order valence-electron chi connectivity index (χ3n) is 1.79. The van der Waals surface area contributed by atoms with Crippen LogP contribution in [0.2, 0.25) is 0 Å². The van der Waals surface area contributed by atoms with Crippen molar-refractivity contribution in [3.05, 3.63) is 18.2 Å². The van der Waals surface area contributed by atoms with Gasteiger partial charge in [0.25, 0.3) is 0 Å². The Bertz CT molecular complexity index is 329. The summed E-state index contributed by atoms with van der Waals surface area (Å²) >= 11 is 0. The van der Waals surface area contributed by atoms with Gasteiger partial charge in [-0.2, -0.15) is 10.5 Å². The highest BCUT2D eigenvalue weighted by molar-refractivity contribution is 4.90. The largest absolute Gasteiger partial charge is 0.338 e. The van der Waals surface area contributed by atoms with E-state index in [2.05, 4.69) is 16.5 Å². The average molecular weight is 205 g/mol. The van der Waals surface area contributed by atoms with Gasteiger partial charge in [0.05, 0.1) is 0 Å². The fourth-order valence-electron chi connectivity index (χ4n) is 0.997. The molecule has 15 heavy (non-hydrogen) atoms. The Kier molecular flexibility index (Phi) is 7.43. The lowest BCUT2D eigenvalue weighted by atomic mass is 10.2. The number of hydrogen-bond donors (Lipinski definition) is 1. The highest BCUT2D eigenvalue weighted by Gasteiger charge is 1.95. The first kappa shape index (κ1) is 13.0. The van der Waals surface area contributed by atoms with Crippen LogP contribution in [0.15, 0.2) is 12.4 Å². The fraction of sp³-hybridized carbons (Fsp3) is 0.500. The summed E-state index contributed by atoms with van der Waals surface area (Å²) in [7, 11) is 2.04. The van der Waals surface area contributed by atoms with Crippen LogP contribution < -0.4 is 5.32 Å². The third kappa shape index (κ3) is 6.11. The van der Waals surface area contributed by atoms with Crippen LogP contribution in [0.25, 0.3) is 0 Å². The van der Waals surface area contributed by atoms with Gasteiger partial charge >= 0.3 is 0 Å². The number of nitriles is 2. The van der Waals surface area contributed by atoms with Crippen molar-refractivity contribution < 1.29 is 0 Å². The molecule has 0 radical (unpaired) electrons. The monoisotopic (exact) mass is 205 g/mol. The van der Waals surface area contributed by atoms with Crippen LogP contribution in [0.4, 0.5) is 0 Å². The van der Waals surface area contributed by atoms with Gasteiger partial charge < -0.3 is 4.57 Å². The molecule has 1 rings (SSSR count).